The highest BCUT2D eigenvalue weighted by atomic mass is 16.2. The van der Waals surface area contributed by atoms with Crippen molar-refractivity contribution < 1.29 is 4.79 Å². The quantitative estimate of drug-likeness (QED) is 0.851. The van der Waals surface area contributed by atoms with Crippen molar-refractivity contribution in [2.24, 2.45) is 5.92 Å². The largest absolute Gasteiger partial charge is 0.341 e. The molecule has 0 aromatic carbocycles. The van der Waals surface area contributed by atoms with Gasteiger partial charge in [0, 0.05) is 38.6 Å². The van der Waals surface area contributed by atoms with Crippen molar-refractivity contribution in [3.05, 3.63) is 5.82 Å². The number of piperidine rings is 1. The predicted molar refractivity (Wildman–Crippen MR) is 85.8 cm³/mol. The van der Waals surface area contributed by atoms with Gasteiger partial charge in [-0.15, -0.1) is 10.2 Å². The molecule has 122 valence electrons. The van der Waals surface area contributed by atoms with Gasteiger partial charge in [0.1, 0.15) is 5.82 Å². The molecule has 0 unspecified atom stereocenters. The van der Waals surface area contributed by atoms with Gasteiger partial charge in [-0.25, -0.2) is 0 Å². The number of hydrogen-bond donors (Lipinski definition) is 0. The highest BCUT2D eigenvalue weighted by Gasteiger charge is 2.31. The second-order valence-electron chi connectivity index (χ2n) is 6.96. The summed E-state index contributed by atoms with van der Waals surface area (Å²) in [6.07, 6.45) is 3.85. The van der Waals surface area contributed by atoms with Crippen LogP contribution < -0.4 is 4.90 Å². The molecule has 0 spiro atoms. The van der Waals surface area contributed by atoms with Crippen LogP contribution in [0.3, 0.4) is 0 Å². The van der Waals surface area contributed by atoms with Crippen LogP contribution in [0.4, 0.5) is 5.95 Å². The maximum absolute atomic E-state index is 11.9. The molecule has 0 saturated carbocycles. The minimum absolute atomic E-state index is 0.345. The maximum atomic E-state index is 11.9. The van der Waals surface area contributed by atoms with Gasteiger partial charge in [-0.05, 0) is 32.1 Å². The number of nitrogens with zero attached hydrogens (tertiary/aromatic N) is 5. The van der Waals surface area contributed by atoms with Gasteiger partial charge in [0.25, 0.3) is 0 Å². The number of carbonyl (C=O) groups excluding carboxylic acids is 1. The summed E-state index contributed by atoms with van der Waals surface area (Å²) in [6.45, 7) is 10.3. The first-order chi connectivity index (χ1) is 10.6. The van der Waals surface area contributed by atoms with Crippen LogP contribution in [-0.2, 0) is 11.3 Å². The highest BCUT2D eigenvalue weighted by molar-refractivity contribution is 5.78. The van der Waals surface area contributed by atoms with Crippen LogP contribution in [0.5, 0.6) is 0 Å². The molecule has 3 rings (SSSR count). The van der Waals surface area contributed by atoms with Gasteiger partial charge in [0.05, 0.1) is 0 Å². The summed E-state index contributed by atoms with van der Waals surface area (Å²) in [6, 6.07) is 0.425. The van der Waals surface area contributed by atoms with E-state index < -0.39 is 0 Å². The van der Waals surface area contributed by atoms with E-state index in [1.165, 1.54) is 0 Å². The van der Waals surface area contributed by atoms with Gasteiger partial charge >= 0.3 is 0 Å². The van der Waals surface area contributed by atoms with Gasteiger partial charge in [-0.2, -0.15) is 0 Å². The minimum atomic E-state index is 0.345. The first kappa shape index (κ1) is 15.3. The molecule has 2 aliphatic heterocycles. The van der Waals surface area contributed by atoms with Crippen LogP contribution in [-0.4, -0.2) is 51.2 Å². The number of carbonyl (C=O) groups is 1. The van der Waals surface area contributed by atoms with Crippen LogP contribution in [0.15, 0.2) is 0 Å². The van der Waals surface area contributed by atoms with Crippen molar-refractivity contribution in [3.63, 3.8) is 0 Å². The molecule has 0 aliphatic carbocycles. The lowest BCUT2D eigenvalue weighted by atomic mass is 10.0. The number of anilines is 1. The average Bonchev–Trinajstić information content (AvgIpc) is 3.06. The number of hydrogen-bond acceptors (Lipinski definition) is 4. The molecule has 0 radical (unpaired) electrons. The molecule has 1 amide bonds. The number of rotatable bonds is 4. The Balaban J connectivity index is 1.65. The fraction of sp³-hybridized carbons (Fsp3) is 0.812. The Labute approximate surface area is 132 Å². The average molecular weight is 305 g/mol. The van der Waals surface area contributed by atoms with Crippen molar-refractivity contribution >= 4 is 11.9 Å². The van der Waals surface area contributed by atoms with E-state index in [1.807, 2.05) is 6.92 Å². The second-order valence-corrected chi connectivity index (χ2v) is 6.96. The van der Waals surface area contributed by atoms with Crippen molar-refractivity contribution in [1.82, 2.24) is 19.7 Å². The van der Waals surface area contributed by atoms with Crippen LogP contribution in [0.25, 0.3) is 0 Å². The zero-order chi connectivity index (χ0) is 15.7. The lowest BCUT2D eigenvalue weighted by Crippen LogP contribution is -2.46. The number of amides is 1. The zero-order valence-corrected chi connectivity index (χ0v) is 14.0. The molecule has 6 nitrogen and oxygen atoms in total. The molecule has 0 N–H and O–H groups in total. The SMILES string of the molecule is Cc1nnc(N2CCC(N3CCCC3=O)CC2)n1CC(C)C. The summed E-state index contributed by atoms with van der Waals surface area (Å²) in [5.74, 6) is 2.91. The zero-order valence-electron chi connectivity index (χ0n) is 14.0. The van der Waals surface area contributed by atoms with E-state index in [0.717, 1.165) is 63.6 Å². The first-order valence-corrected chi connectivity index (χ1v) is 8.50. The van der Waals surface area contributed by atoms with Gasteiger partial charge in [-0.3, -0.25) is 9.36 Å². The maximum Gasteiger partial charge on any atom is 0.227 e. The molecule has 0 atom stereocenters. The van der Waals surface area contributed by atoms with Gasteiger partial charge in [0.2, 0.25) is 11.9 Å². The molecule has 1 aromatic rings. The molecule has 0 bridgehead atoms. The number of aromatic nitrogens is 3. The Bertz CT molecular complexity index is 531. The van der Waals surface area contributed by atoms with E-state index in [4.69, 9.17) is 0 Å². The van der Waals surface area contributed by atoms with Crippen LogP contribution in [0.1, 0.15) is 45.4 Å². The van der Waals surface area contributed by atoms with E-state index >= 15 is 0 Å². The number of likely N-dealkylation sites (tertiary alicyclic amines) is 1. The molecule has 3 heterocycles. The van der Waals surface area contributed by atoms with Crippen molar-refractivity contribution in [2.45, 2.75) is 59.0 Å². The van der Waals surface area contributed by atoms with Crippen LogP contribution in [0, 0.1) is 12.8 Å². The van der Waals surface area contributed by atoms with Crippen LogP contribution >= 0.6 is 0 Å². The van der Waals surface area contributed by atoms with E-state index in [0.29, 0.717) is 17.9 Å². The van der Waals surface area contributed by atoms with Gasteiger partial charge in [-0.1, -0.05) is 13.8 Å². The summed E-state index contributed by atoms with van der Waals surface area (Å²) in [5.41, 5.74) is 0. The first-order valence-electron chi connectivity index (χ1n) is 8.50. The third-order valence-electron chi connectivity index (χ3n) is 4.76. The van der Waals surface area contributed by atoms with Crippen LogP contribution in [0.2, 0.25) is 0 Å². The Kier molecular flexibility index (Phi) is 4.36. The summed E-state index contributed by atoms with van der Waals surface area (Å²) < 4.78 is 2.23. The standard InChI is InChI=1S/C16H27N5O/c1-12(2)11-21-13(3)17-18-16(21)19-9-6-14(7-10-19)20-8-4-5-15(20)22/h12,14H,4-11H2,1-3H3. The van der Waals surface area contributed by atoms with Crippen molar-refractivity contribution in [1.29, 1.82) is 0 Å². The summed E-state index contributed by atoms with van der Waals surface area (Å²) >= 11 is 0. The fourth-order valence-electron chi connectivity index (χ4n) is 3.62. The monoisotopic (exact) mass is 305 g/mol. The number of aryl methyl sites for hydroxylation is 1. The summed E-state index contributed by atoms with van der Waals surface area (Å²) in [4.78, 5) is 16.3. The Morgan fingerprint density at radius 2 is 1.91 bits per heavy atom. The predicted octanol–water partition coefficient (Wildman–Crippen LogP) is 1.83. The molecule has 2 aliphatic rings. The third-order valence-corrected chi connectivity index (χ3v) is 4.76. The van der Waals surface area contributed by atoms with Gasteiger partial charge in [0.15, 0.2) is 0 Å². The molecular formula is C16H27N5O. The molecule has 6 heteroatoms. The molecule has 2 fully saturated rings. The van der Waals surface area contributed by atoms with E-state index in [1.54, 1.807) is 0 Å². The lowest BCUT2D eigenvalue weighted by molar-refractivity contribution is -0.130. The molecule has 1 aromatic heterocycles. The Hall–Kier alpha value is -1.59. The van der Waals surface area contributed by atoms with Crippen molar-refractivity contribution in [2.75, 3.05) is 24.5 Å². The van der Waals surface area contributed by atoms with Gasteiger partial charge < -0.3 is 9.80 Å². The van der Waals surface area contributed by atoms with E-state index in [-0.39, 0.29) is 0 Å². The Morgan fingerprint density at radius 3 is 2.50 bits per heavy atom. The lowest BCUT2D eigenvalue weighted by Gasteiger charge is -2.37. The highest BCUT2D eigenvalue weighted by Crippen LogP contribution is 2.25. The fourth-order valence-corrected chi connectivity index (χ4v) is 3.62. The normalized spacial score (nSPS) is 20.5. The molecule has 2 saturated heterocycles. The van der Waals surface area contributed by atoms with Crippen molar-refractivity contribution in [3.8, 4) is 0 Å². The minimum Gasteiger partial charge on any atom is -0.341 e. The third kappa shape index (κ3) is 2.96. The molecular weight excluding hydrogens is 278 g/mol. The smallest absolute Gasteiger partial charge is 0.227 e. The van der Waals surface area contributed by atoms with E-state index in [2.05, 4.69) is 38.4 Å². The van der Waals surface area contributed by atoms with E-state index in [9.17, 15) is 4.79 Å². The topological polar surface area (TPSA) is 54.3 Å². The summed E-state index contributed by atoms with van der Waals surface area (Å²) in [7, 11) is 0. The Morgan fingerprint density at radius 1 is 1.18 bits per heavy atom. The molecule has 22 heavy (non-hydrogen) atoms. The second kappa shape index (κ2) is 6.26. The summed E-state index contributed by atoms with van der Waals surface area (Å²) in [5, 5.41) is 8.65.